The molecule has 2 unspecified atom stereocenters. The number of hydrogen-bond acceptors (Lipinski definition) is 9. The van der Waals surface area contributed by atoms with Crippen molar-refractivity contribution in [1.29, 1.82) is 0 Å². The molecule has 15 heteroatoms. The number of fused-ring (bicyclic) bond motifs is 1. The molecular weight excluding hydrogens is 633 g/mol. The van der Waals surface area contributed by atoms with Crippen LogP contribution < -0.4 is 25.8 Å². The molecule has 4 N–H and O–H groups in total. The van der Waals surface area contributed by atoms with E-state index in [9.17, 15) is 17.6 Å². The summed E-state index contributed by atoms with van der Waals surface area (Å²) < 4.78 is 86.9. The number of nitrogens with zero attached hydrogens (tertiary/aromatic N) is 4. The number of nitrogens with two attached hydrogens (primary N) is 1. The maximum absolute atomic E-state index is 16.7. The number of anilines is 2. The van der Waals surface area contributed by atoms with E-state index in [2.05, 4.69) is 30.5 Å². The van der Waals surface area contributed by atoms with Crippen molar-refractivity contribution >= 4 is 34.0 Å². The molecule has 0 amide bonds. The predicted molar refractivity (Wildman–Crippen MR) is 166 cm³/mol. The summed E-state index contributed by atoms with van der Waals surface area (Å²) in [4.78, 5) is 15.3. The summed E-state index contributed by atoms with van der Waals surface area (Å²) in [7, 11) is 0. The van der Waals surface area contributed by atoms with E-state index in [4.69, 9.17) is 26.8 Å². The van der Waals surface area contributed by atoms with E-state index in [-0.39, 0.29) is 57.5 Å². The van der Waals surface area contributed by atoms with Crippen molar-refractivity contribution in [3.05, 3.63) is 28.0 Å². The second kappa shape index (κ2) is 12.4. The van der Waals surface area contributed by atoms with Gasteiger partial charge in [0.1, 0.15) is 35.2 Å². The zero-order valence-corrected chi connectivity index (χ0v) is 26.6. The molecule has 0 saturated carbocycles. The molecule has 2 fully saturated rings. The van der Waals surface area contributed by atoms with Gasteiger partial charge in [0, 0.05) is 37.7 Å². The van der Waals surface area contributed by atoms with Crippen LogP contribution in [0.4, 0.5) is 33.5 Å². The van der Waals surface area contributed by atoms with Crippen LogP contribution in [-0.4, -0.2) is 76.5 Å². The fourth-order valence-corrected chi connectivity index (χ4v) is 7.24. The Morgan fingerprint density at radius 1 is 1.24 bits per heavy atom. The van der Waals surface area contributed by atoms with E-state index in [1.165, 1.54) is 6.92 Å². The number of pyridine rings is 1. The van der Waals surface area contributed by atoms with Crippen molar-refractivity contribution in [1.82, 2.24) is 25.2 Å². The lowest BCUT2D eigenvalue weighted by Crippen LogP contribution is -2.43. The van der Waals surface area contributed by atoms with Crippen LogP contribution in [-0.2, 0) is 6.18 Å². The van der Waals surface area contributed by atoms with Gasteiger partial charge in [-0.2, -0.15) is 23.1 Å². The fraction of sp³-hybridized carbons (Fsp3) is 0.581. The number of nitrogen functional groups attached to an aromatic ring is 1. The average molecular weight is 670 g/mol. The monoisotopic (exact) mass is 669 g/mol. The van der Waals surface area contributed by atoms with Crippen molar-refractivity contribution in [3.63, 3.8) is 0 Å². The molecule has 5 heterocycles. The minimum atomic E-state index is -4.92. The molecule has 3 aromatic rings. The third kappa shape index (κ3) is 5.99. The molecule has 9 nitrogen and oxygen atoms in total. The highest BCUT2D eigenvalue weighted by Crippen LogP contribution is 2.46. The minimum absolute atomic E-state index is 0.0629. The lowest BCUT2D eigenvalue weighted by Gasteiger charge is -2.30. The van der Waals surface area contributed by atoms with Gasteiger partial charge < -0.3 is 25.8 Å². The lowest BCUT2D eigenvalue weighted by molar-refractivity contribution is -0.137. The highest BCUT2D eigenvalue weighted by atomic mass is 35.5. The molecule has 6 rings (SSSR count). The van der Waals surface area contributed by atoms with Gasteiger partial charge in [-0.3, -0.25) is 4.90 Å². The Balaban J connectivity index is 1.54. The van der Waals surface area contributed by atoms with Crippen LogP contribution >= 0.6 is 11.6 Å². The Bertz CT molecular complexity index is 1640. The number of aromatic nitrogens is 3. The Kier molecular flexibility index (Phi) is 8.83. The van der Waals surface area contributed by atoms with Crippen LogP contribution in [0.15, 0.2) is 6.07 Å². The molecule has 46 heavy (non-hydrogen) atoms. The van der Waals surface area contributed by atoms with Crippen LogP contribution in [0, 0.1) is 12.7 Å². The van der Waals surface area contributed by atoms with E-state index < -0.39 is 46.6 Å². The molecule has 0 spiro atoms. The van der Waals surface area contributed by atoms with Crippen molar-refractivity contribution < 1.29 is 31.4 Å². The maximum atomic E-state index is 16.7. The summed E-state index contributed by atoms with van der Waals surface area (Å²) in [5.41, 5.74) is 2.17. The third-order valence-electron chi connectivity index (χ3n) is 9.30. The van der Waals surface area contributed by atoms with Crippen molar-refractivity contribution in [2.24, 2.45) is 0 Å². The van der Waals surface area contributed by atoms with E-state index in [0.29, 0.717) is 32.5 Å². The first-order valence-corrected chi connectivity index (χ1v) is 15.9. The van der Waals surface area contributed by atoms with Crippen LogP contribution in [0.3, 0.4) is 0 Å². The van der Waals surface area contributed by atoms with Crippen LogP contribution in [0.5, 0.6) is 11.9 Å². The van der Waals surface area contributed by atoms with Gasteiger partial charge in [-0.05, 0) is 57.7 Å². The molecule has 2 aromatic heterocycles. The van der Waals surface area contributed by atoms with Crippen molar-refractivity contribution in [2.75, 3.05) is 43.8 Å². The van der Waals surface area contributed by atoms with Gasteiger partial charge in [0.05, 0.1) is 27.9 Å². The molecule has 0 bridgehead atoms. The smallest absolute Gasteiger partial charge is 0.417 e. The van der Waals surface area contributed by atoms with Crippen LogP contribution in [0.2, 0.25) is 5.02 Å². The molecule has 3 aliphatic rings. The van der Waals surface area contributed by atoms with Gasteiger partial charge in [-0.25, -0.2) is 13.8 Å². The summed E-state index contributed by atoms with van der Waals surface area (Å²) in [5.74, 6) is -1.13. The normalized spacial score (nSPS) is 25.5. The van der Waals surface area contributed by atoms with E-state index in [1.807, 2.05) is 13.8 Å². The Morgan fingerprint density at radius 2 is 2.02 bits per heavy atom. The first-order chi connectivity index (χ1) is 21.8. The zero-order valence-electron chi connectivity index (χ0n) is 25.8. The minimum Gasteiger partial charge on any atom is -0.474 e. The van der Waals surface area contributed by atoms with Crippen molar-refractivity contribution in [3.8, 4) is 23.1 Å². The largest absolute Gasteiger partial charge is 0.474 e. The number of nitrogens with one attached hydrogen (secondary N) is 2. The summed E-state index contributed by atoms with van der Waals surface area (Å²) in [6, 6.07) is 0.839. The summed E-state index contributed by atoms with van der Waals surface area (Å²) in [5, 5.41) is 6.41. The number of benzene rings is 1. The van der Waals surface area contributed by atoms with Gasteiger partial charge in [0.2, 0.25) is 5.88 Å². The predicted octanol–water partition coefficient (Wildman–Crippen LogP) is 6.30. The number of ether oxygens (including phenoxy) is 2. The number of hydrogen-bond donors (Lipinski definition) is 3. The first-order valence-electron chi connectivity index (χ1n) is 15.5. The van der Waals surface area contributed by atoms with E-state index in [1.54, 1.807) is 0 Å². The Labute approximate surface area is 268 Å². The average Bonchev–Trinajstić information content (AvgIpc) is 3.51. The lowest BCUT2D eigenvalue weighted by atomic mass is 9.95. The topological polar surface area (TPSA) is 110 Å². The van der Waals surface area contributed by atoms with Crippen LogP contribution in [0.1, 0.15) is 57.1 Å². The molecule has 1 aromatic carbocycles. The summed E-state index contributed by atoms with van der Waals surface area (Å²) in [6.45, 7) is 7.06. The molecule has 2 saturated heterocycles. The van der Waals surface area contributed by atoms with Crippen molar-refractivity contribution in [2.45, 2.75) is 82.9 Å². The first kappa shape index (κ1) is 32.7. The van der Waals surface area contributed by atoms with E-state index in [0.717, 1.165) is 31.9 Å². The fourth-order valence-electron chi connectivity index (χ4n) is 7.09. The van der Waals surface area contributed by atoms with E-state index >= 15 is 4.39 Å². The third-order valence-corrected chi connectivity index (χ3v) is 9.80. The van der Waals surface area contributed by atoms with Gasteiger partial charge in [0.15, 0.2) is 5.82 Å². The highest BCUT2D eigenvalue weighted by Gasteiger charge is 2.49. The second-order valence-corrected chi connectivity index (χ2v) is 12.9. The number of alkyl halides is 4. The molecular formula is C31H37ClF5N7O2. The van der Waals surface area contributed by atoms with Gasteiger partial charge >= 0.3 is 12.2 Å². The summed E-state index contributed by atoms with van der Waals surface area (Å²) >= 11 is 6.12. The molecule has 250 valence electrons. The number of rotatable bonds is 5. The van der Waals surface area contributed by atoms with Crippen LogP contribution in [0.25, 0.3) is 22.2 Å². The molecule has 0 radical (unpaired) electrons. The Hall–Kier alpha value is -3.23. The molecule has 0 aliphatic carbocycles. The Morgan fingerprint density at radius 3 is 2.76 bits per heavy atom. The van der Waals surface area contributed by atoms with Gasteiger partial charge in [0.25, 0.3) is 0 Å². The van der Waals surface area contributed by atoms with Gasteiger partial charge in [-0.1, -0.05) is 18.5 Å². The number of halogens is 6. The van der Waals surface area contributed by atoms with Gasteiger partial charge in [-0.15, -0.1) is 0 Å². The maximum Gasteiger partial charge on any atom is 0.417 e. The molecule has 4 atom stereocenters. The SMILES string of the molecule is CCC1C[C@H](C)Oc2nc(-c3cc(N)c(Cl)c(C)c3C(F)(F)F)c(F)c3nc(OCC45CCCN4C[C@H](F)C5)nc(c23)NCCN1. The second-order valence-electron chi connectivity index (χ2n) is 12.5. The molecule has 3 aliphatic heterocycles. The summed E-state index contributed by atoms with van der Waals surface area (Å²) in [6.07, 6.45) is -3.10. The quantitative estimate of drug-likeness (QED) is 0.213. The highest BCUT2D eigenvalue weighted by molar-refractivity contribution is 6.34. The zero-order chi connectivity index (χ0) is 33.0. The standard InChI is InChI=1S/C31H37ClF5N7O2/c1-4-18-10-15(2)46-28-21-26(24(34)25(41-28)19-11-20(38)23(32)16(3)22(19)31(35,36)37)42-29(43-27(21)40-8-7-39-18)45-14-30-6-5-9-44(30)13-17(33)12-30/h11,15,17-18,39H,4-10,12-14,38H2,1-3H3,(H,40,42,43)/t15-,17+,18?,30?/m0/s1.